The number of nitrogens with one attached hydrogen (secondary N) is 1. The van der Waals surface area contributed by atoms with Crippen LogP contribution in [0.1, 0.15) is 25.7 Å². The topological polar surface area (TPSA) is 123 Å². The van der Waals surface area contributed by atoms with Crippen LogP contribution < -0.4 is 24.9 Å². The van der Waals surface area contributed by atoms with E-state index in [4.69, 9.17) is 10.1 Å². The second kappa shape index (κ2) is 15.2. The molecule has 2 saturated heterocycles. The minimum absolute atomic E-state index is 0.290. The number of aldehydes is 2. The largest absolute Gasteiger partial charge is 0.382 e. The Morgan fingerprint density at radius 1 is 0.896 bits per heavy atom. The third kappa shape index (κ3) is 7.10. The SMILES string of the molecule is CN(C=O)c1c(NCCN2CCN(c3cccc(-c4cnc5ccc(N6CCCC6)nn45)n3)CC2)cccc1N(C)C(C=O)CCC=O. The lowest BCUT2D eigenvalue weighted by Crippen LogP contribution is -2.48. The summed E-state index contributed by atoms with van der Waals surface area (Å²) in [5.41, 5.74) is 4.79. The lowest BCUT2D eigenvalue weighted by atomic mass is 10.1. The van der Waals surface area contributed by atoms with E-state index in [2.05, 4.69) is 43.2 Å². The predicted octanol–water partition coefficient (Wildman–Crippen LogP) is 3.20. The van der Waals surface area contributed by atoms with Crippen molar-refractivity contribution in [3.63, 3.8) is 0 Å². The molecule has 48 heavy (non-hydrogen) atoms. The molecule has 2 fully saturated rings. The first kappa shape index (κ1) is 32.9. The molecule has 13 nitrogen and oxygen atoms in total. The fourth-order valence-electron chi connectivity index (χ4n) is 6.60. The van der Waals surface area contributed by atoms with E-state index in [0.717, 1.165) is 105 Å². The van der Waals surface area contributed by atoms with Crippen LogP contribution in [-0.2, 0) is 14.4 Å². The number of benzene rings is 1. The molecular formula is C35H44N10O3. The highest BCUT2D eigenvalue weighted by Gasteiger charge is 2.23. The molecule has 0 spiro atoms. The summed E-state index contributed by atoms with van der Waals surface area (Å²) in [5, 5.41) is 8.43. The van der Waals surface area contributed by atoms with Gasteiger partial charge < -0.3 is 34.5 Å². The summed E-state index contributed by atoms with van der Waals surface area (Å²) in [7, 11) is 3.52. The van der Waals surface area contributed by atoms with Crippen LogP contribution in [0.2, 0.25) is 0 Å². The van der Waals surface area contributed by atoms with Gasteiger partial charge in [-0.15, -0.1) is 5.10 Å². The zero-order valence-electron chi connectivity index (χ0n) is 27.7. The van der Waals surface area contributed by atoms with Crippen LogP contribution in [0, 0.1) is 0 Å². The summed E-state index contributed by atoms with van der Waals surface area (Å²) in [6.45, 7) is 7.08. The molecule has 2 aliphatic heterocycles. The Morgan fingerprint density at radius 2 is 1.67 bits per heavy atom. The summed E-state index contributed by atoms with van der Waals surface area (Å²) < 4.78 is 1.91. The monoisotopic (exact) mass is 652 g/mol. The Hall–Kier alpha value is -5.04. The Labute approximate surface area is 281 Å². The molecular weight excluding hydrogens is 608 g/mol. The summed E-state index contributed by atoms with van der Waals surface area (Å²) in [5.74, 6) is 1.92. The van der Waals surface area contributed by atoms with Crippen LogP contribution in [-0.4, -0.2) is 116 Å². The van der Waals surface area contributed by atoms with Crippen LogP contribution in [0.4, 0.5) is 28.7 Å². The van der Waals surface area contributed by atoms with Crippen molar-refractivity contribution < 1.29 is 14.4 Å². The Kier molecular flexibility index (Phi) is 10.4. The van der Waals surface area contributed by atoms with Crippen LogP contribution in [0.3, 0.4) is 0 Å². The highest BCUT2D eigenvalue weighted by molar-refractivity contribution is 5.93. The van der Waals surface area contributed by atoms with Gasteiger partial charge in [0.05, 0.1) is 35.0 Å². The Balaban J connectivity index is 1.07. The van der Waals surface area contributed by atoms with Crippen LogP contribution in [0.25, 0.3) is 17.0 Å². The molecule has 0 aliphatic carbocycles. The van der Waals surface area contributed by atoms with Gasteiger partial charge in [-0.3, -0.25) is 9.69 Å². The molecule has 252 valence electrons. The summed E-state index contributed by atoms with van der Waals surface area (Å²) in [6, 6.07) is 15.5. The lowest BCUT2D eigenvalue weighted by molar-refractivity contribution is -0.110. The van der Waals surface area contributed by atoms with Gasteiger partial charge in [0.2, 0.25) is 6.41 Å². The maximum absolute atomic E-state index is 11.9. The first-order valence-corrected chi connectivity index (χ1v) is 16.7. The van der Waals surface area contributed by atoms with Crippen molar-refractivity contribution in [1.29, 1.82) is 0 Å². The summed E-state index contributed by atoms with van der Waals surface area (Å²) in [4.78, 5) is 54.6. The zero-order valence-corrected chi connectivity index (χ0v) is 27.7. The minimum Gasteiger partial charge on any atom is -0.382 e. The zero-order chi connectivity index (χ0) is 33.5. The second-order valence-electron chi connectivity index (χ2n) is 12.4. The number of imidazole rings is 1. The minimum atomic E-state index is -0.473. The van der Waals surface area contributed by atoms with Gasteiger partial charge in [-0.05, 0) is 55.7 Å². The number of piperazine rings is 1. The molecule has 1 aromatic carbocycles. The number of hydrogen-bond acceptors (Lipinski definition) is 11. The molecule has 1 atom stereocenters. The van der Waals surface area contributed by atoms with Crippen LogP contribution in [0.15, 0.2) is 54.7 Å². The number of rotatable bonds is 15. The van der Waals surface area contributed by atoms with E-state index < -0.39 is 6.04 Å². The van der Waals surface area contributed by atoms with Gasteiger partial charge in [0.25, 0.3) is 0 Å². The number of amides is 1. The smallest absolute Gasteiger partial charge is 0.213 e. The normalized spacial score (nSPS) is 15.8. The molecule has 1 N–H and O–H groups in total. The summed E-state index contributed by atoms with van der Waals surface area (Å²) in [6.07, 6.45) is 7.38. The van der Waals surface area contributed by atoms with E-state index >= 15 is 0 Å². The Bertz CT molecular complexity index is 1710. The van der Waals surface area contributed by atoms with Crippen molar-refractivity contribution in [1.82, 2.24) is 24.5 Å². The van der Waals surface area contributed by atoms with Gasteiger partial charge in [0.1, 0.15) is 29.9 Å². The molecule has 1 unspecified atom stereocenters. The second-order valence-corrected chi connectivity index (χ2v) is 12.4. The number of likely N-dealkylation sites (N-methyl/N-ethyl adjacent to an activating group) is 1. The van der Waals surface area contributed by atoms with Gasteiger partial charge in [0.15, 0.2) is 5.65 Å². The van der Waals surface area contributed by atoms with E-state index in [1.165, 1.54) is 17.7 Å². The average molecular weight is 653 g/mol. The van der Waals surface area contributed by atoms with Crippen LogP contribution >= 0.6 is 0 Å². The molecule has 5 heterocycles. The molecule has 6 rings (SSSR count). The maximum Gasteiger partial charge on any atom is 0.213 e. The van der Waals surface area contributed by atoms with Gasteiger partial charge >= 0.3 is 0 Å². The summed E-state index contributed by atoms with van der Waals surface area (Å²) >= 11 is 0. The van der Waals surface area contributed by atoms with Crippen molar-refractivity contribution >= 4 is 53.3 Å². The van der Waals surface area contributed by atoms with Crippen molar-refractivity contribution in [2.45, 2.75) is 31.7 Å². The first-order valence-electron chi connectivity index (χ1n) is 16.7. The van der Waals surface area contributed by atoms with Crippen molar-refractivity contribution in [2.24, 2.45) is 0 Å². The number of fused-ring (bicyclic) bond motifs is 1. The van der Waals surface area contributed by atoms with E-state index in [0.29, 0.717) is 25.1 Å². The van der Waals surface area contributed by atoms with E-state index in [1.807, 2.05) is 53.0 Å². The number of carbonyl (C=O) groups is 3. The number of hydrogen-bond donors (Lipinski definition) is 1. The van der Waals surface area contributed by atoms with Crippen molar-refractivity contribution in [3.05, 3.63) is 54.7 Å². The third-order valence-electron chi connectivity index (χ3n) is 9.36. The molecule has 13 heteroatoms. The van der Waals surface area contributed by atoms with E-state index in [9.17, 15) is 14.4 Å². The number of aromatic nitrogens is 4. The van der Waals surface area contributed by atoms with Crippen molar-refractivity contribution in [2.75, 3.05) is 91.4 Å². The lowest BCUT2D eigenvalue weighted by Gasteiger charge is -2.35. The average Bonchev–Trinajstić information content (AvgIpc) is 3.82. The number of anilines is 5. The molecule has 0 bridgehead atoms. The number of pyridine rings is 1. The van der Waals surface area contributed by atoms with Gasteiger partial charge in [-0.1, -0.05) is 12.1 Å². The predicted molar refractivity (Wildman–Crippen MR) is 189 cm³/mol. The number of carbonyl (C=O) groups excluding carboxylic acids is 3. The van der Waals surface area contributed by atoms with Gasteiger partial charge in [-0.25, -0.2) is 14.5 Å². The number of para-hydroxylation sites is 1. The standard InChI is InChI=1S/C35H44N10O3/c1-40(26-48)35-29(10-5-11-30(35)41(2)27(25-47)8-7-23-46)36-15-18-42-19-21-44(22-20-42)33-12-6-9-28(38-33)31-24-37-32-13-14-34(39-45(31)32)43-16-3-4-17-43/h5-6,9-14,23-27,36H,3-4,7-8,15-22H2,1-2H3. The fourth-order valence-corrected chi connectivity index (χ4v) is 6.60. The highest BCUT2D eigenvalue weighted by atomic mass is 16.1. The molecule has 0 radical (unpaired) electrons. The first-order chi connectivity index (χ1) is 23.5. The molecule has 0 saturated carbocycles. The fraction of sp³-hybridized carbons (Fsp3) is 0.429. The molecule has 3 aromatic heterocycles. The van der Waals surface area contributed by atoms with Crippen LogP contribution in [0.5, 0.6) is 0 Å². The quantitative estimate of drug-likeness (QED) is 0.191. The van der Waals surface area contributed by atoms with Crippen molar-refractivity contribution in [3.8, 4) is 11.4 Å². The maximum atomic E-state index is 11.9. The third-order valence-corrected chi connectivity index (χ3v) is 9.36. The Morgan fingerprint density at radius 3 is 2.42 bits per heavy atom. The van der Waals surface area contributed by atoms with Gasteiger partial charge in [0, 0.05) is 72.9 Å². The highest BCUT2D eigenvalue weighted by Crippen LogP contribution is 2.36. The van der Waals surface area contributed by atoms with Gasteiger partial charge in [-0.2, -0.15) is 0 Å². The van der Waals surface area contributed by atoms with E-state index in [1.54, 1.807) is 7.05 Å². The number of nitrogens with zero attached hydrogens (tertiary/aromatic N) is 9. The van der Waals surface area contributed by atoms with E-state index in [-0.39, 0.29) is 0 Å². The molecule has 4 aromatic rings. The molecule has 2 aliphatic rings. The molecule has 1 amide bonds.